The normalized spacial score (nSPS) is 15.9. The van der Waals surface area contributed by atoms with Crippen LogP contribution in [0.4, 0.5) is 4.39 Å². The summed E-state index contributed by atoms with van der Waals surface area (Å²) >= 11 is 0. The van der Waals surface area contributed by atoms with Crippen molar-refractivity contribution < 1.29 is 9.18 Å². The zero-order valence-corrected chi connectivity index (χ0v) is 14.3. The maximum Gasteiger partial charge on any atom is 0.234 e. The second kappa shape index (κ2) is 8.74. The van der Waals surface area contributed by atoms with E-state index in [-0.39, 0.29) is 18.3 Å². The number of benzene rings is 2. The van der Waals surface area contributed by atoms with Crippen molar-refractivity contribution in [3.05, 3.63) is 71.5 Å². The Hall–Kier alpha value is -2.24. The summed E-state index contributed by atoms with van der Waals surface area (Å²) in [7, 11) is 0. The van der Waals surface area contributed by atoms with Gasteiger partial charge in [0.1, 0.15) is 5.82 Å². The number of hydrogen-bond acceptors (Lipinski definition) is 3. The smallest absolute Gasteiger partial charge is 0.234 e. The van der Waals surface area contributed by atoms with Gasteiger partial charge in [0.2, 0.25) is 5.91 Å². The Morgan fingerprint density at radius 3 is 2.28 bits per heavy atom. The van der Waals surface area contributed by atoms with Crippen LogP contribution in [0.3, 0.4) is 0 Å². The van der Waals surface area contributed by atoms with Crippen LogP contribution >= 0.6 is 0 Å². The molecule has 0 aromatic heterocycles. The highest BCUT2D eigenvalue weighted by Gasteiger charge is 2.19. The number of carbonyl (C=O) groups is 1. The van der Waals surface area contributed by atoms with E-state index in [1.165, 1.54) is 11.6 Å². The second-order valence-electron chi connectivity index (χ2n) is 6.41. The molecular weight excluding hydrogens is 317 g/mol. The first-order valence-electron chi connectivity index (χ1n) is 8.69. The van der Waals surface area contributed by atoms with Crippen LogP contribution < -0.4 is 5.32 Å². The van der Waals surface area contributed by atoms with Gasteiger partial charge in [0.25, 0.3) is 0 Å². The van der Waals surface area contributed by atoms with Crippen molar-refractivity contribution in [2.75, 3.05) is 32.7 Å². The summed E-state index contributed by atoms with van der Waals surface area (Å²) in [6.07, 6.45) is 0. The molecule has 25 heavy (non-hydrogen) atoms. The molecule has 1 saturated heterocycles. The quantitative estimate of drug-likeness (QED) is 0.875. The van der Waals surface area contributed by atoms with Gasteiger partial charge in [-0.25, -0.2) is 4.39 Å². The molecule has 0 aliphatic carbocycles. The summed E-state index contributed by atoms with van der Waals surface area (Å²) in [5.74, 6) is -0.336. The van der Waals surface area contributed by atoms with Crippen molar-refractivity contribution in [2.24, 2.45) is 0 Å². The third-order valence-electron chi connectivity index (χ3n) is 4.51. The Morgan fingerprint density at radius 2 is 1.56 bits per heavy atom. The molecule has 1 amide bonds. The van der Waals surface area contributed by atoms with Crippen molar-refractivity contribution in [3.63, 3.8) is 0 Å². The van der Waals surface area contributed by atoms with E-state index in [1.54, 1.807) is 18.2 Å². The van der Waals surface area contributed by atoms with Crippen LogP contribution in [-0.4, -0.2) is 48.4 Å². The van der Waals surface area contributed by atoms with Crippen LogP contribution in [0.2, 0.25) is 0 Å². The van der Waals surface area contributed by atoms with Crippen LogP contribution in [0.25, 0.3) is 0 Å². The Labute approximate surface area is 148 Å². The molecule has 2 aromatic carbocycles. The van der Waals surface area contributed by atoms with Gasteiger partial charge in [0.05, 0.1) is 6.54 Å². The molecule has 0 bridgehead atoms. The summed E-state index contributed by atoms with van der Waals surface area (Å²) in [6, 6.07) is 17.0. The standard InChI is InChI=1S/C20H24FN3O/c21-19-9-5-4-8-18(19)14-22-20(25)16-24-12-10-23(11-13-24)15-17-6-2-1-3-7-17/h1-9H,10-16H2,(H,22,25). The summed E-state index contributed by atoms with van der Waals surface area (Å²) < 4.78 is 13.6. The van der Waals surface area contributed by atoms with Crippen LogP contribution in [0, 0.1) is 5.82 Å². The lowest BCUT2D eigenvalue weighted by Gasteiger charge is -2.34. The van der Waals surface area contributed by atoms with Crippen molar-refractivity contribution in [1.29, 1.82) is 0 Å². The molecule has 1 aliphatic heterocycles. The number of nitrogens with one attached hydrogen (secondary N) is 1. The monoisotopic (exact) mass is 341 g/mol. The highest BCUT2D eigenvalue weighted by molar-refractivity contribution is 5.78. The molecule has 132 valence electrons. The van der Waals surface area contributed by atoms with Gasteiger partial charge in [0, 0.05) is 44.8 Å². The number of nitrogens with zero attached hydrogens (tertiary/aromatic N) is 2. The molecule has 1 heterocycles. The zero-order chi connectivity index (χ0) is 17.5. The van der Waals surface area contributed by atoms with Gasteiger partial charge in [-0.05, 0) is 11.6 Å². The summed E-state index contributed by atoms with van der Waals surface area (Å²) in [5, 5.41) is 2.80. The van der Waals surface area contributed by atoms with E-state index in [0.29, 0.717) is 12.1 Å². The highest BCUT2D eigenvalue weighted by Crippen LogP contribution is 2.08. The fourth-order valence-electron chi connectivity index (χ4n) is 3.04. The van der Waals surface area contributed by atoms with Crippen molar-refractivity contribution in [2.45, 2.75) is 13.1 Å². The van der Waals surface area contributed by atoms with E-state index in [9.17, 15) is 9.18 Å². The maximum atomic E-state index is 13.6. The molecule has 1 fully saturated rings. The molecular formula is C20H24FN3O. The Bertz CT molecular complexity index is 684. The van der Waals surface area contributed by atoms with E-state index in [1.807, 2.05) is 6.07 Å². The first-order chi connectivity index (χ1) is 12.2. The van der Waals surface area contributed by atoms with E-state index in [4.69, 9.17) is 0 Å². The lowest BCUT2D eigenvalue weighted by molar-refractivity contribution is -0.122. The minimum Gasteiger partial charge on any atom is -0.351 e. The summed E-state index contributed by atoms with van der Waals surface area (Å²) in [5.41, 5.74) is 1.84. The van der Waals surface area contributed by atoms with E-state index in [2.05, 4.69) is 39.4 Å². The first-order valence-corrected chi connectivity index (χ1v) is 8.69. The molecule has 2 aromatic rings. The Balaban J connectivity index is 1.38. The Kier molecular flexibility index (Phi) is 6.14. The Morgan fingerprint density at radius 1 is 0.920 bits per heavy atom. The van der Waals surface area contributed by atoms with Crippen LogP contribution in [0.1, 0.15) is 11.1 Å². The van der Waals surface area contributed by atoms with Gasteiger partial charge in [-0.3, -0.25) is 14.6 Å². The molecule has 4 nitrogen and oxygen atoms in total. The molecule has 0 spiro atoms. The fraction of sp³-hybridized carbons (Fsp3) is 0.350. The third-order valence-corrected chi connectivity index (χ3v) is 4.51. The minimum absolute atomic E-state index is 0.0558. The molecule has 3 rings (SSSR count). The van der Waals surface area contributed by atoms with Crippen LogP contribution in [0.15, 0.2) is 54.6 Å². The van der Waals surface area contributed by atoms with Crippen LogP contribution in [0.5, 0.6) is 0 Å². The number of halogens is 1. The molecule has 1 aliphatic rings. The third kappa shape index (κ3) is 5.37. The van der Waals surface area contributed by atoms with E-state index in [0.717, 1.165) is 32.7 Å². The predicted molar refractivity (Wildman–Crippen MR) is 96.4 cm³/mol. The average molecular weight is 341 g/mol. The molecule has 5 heteroatoms. The van der Waals surface area contributed by atoms with Gasteiger partial charge in [0.15, 0.2) is 0 Å². The number of hydrogen-bond donors (Lipinski definition) is 1. The fourth-order valence-corrected chi connectivity index (χ4v) is 3.04. The lowest BCUT2D eigenvalue weighted by atomic mass is 10.2. The maximum absolute atomic E-state index is 13.6. The minimum atomic E-state index is -0.280. The summed E-state index contributed by atoms with van der Waals surface area (Å²) in [6.45, 7) is 5.21. The predicted octanol–water partition coefficient (Wildman–Crippen LogP) is 2.26. The molecule has 0 radical (unpaired) electrons. The number of amides is 1. The van der Waals surface area contributed by atoms with E-state index < -0.39 is 0 Å². The molecule has 0 unspecified atom stereocenters. The first kappa shape index (κ1) is 17.6. The molecule has 0 saturated carbocycles. The zero-order valence-electron chi connectivity index (χ0n) is 14.3. The van der Waals surface area contributed by atoms with E-state index >= 15 is 0 Å². The molecule has 0 atom stereocenters. The second-order valence-corrected chi connectivity index (χ2v) is 6.41. The van der Waals surface area contributed by atoms with Crippen molar-refractivity contribution >= 4 is 5.91 Å². The summed E-state index contributed by atoms with van der Waals surface area (Å²) in [4.78, 5) is 16.6. The van der Waals surface area contributed by atoms with Crippen LogP contribution in [-0.2, 0) is 17.9 Å². The number of piperazine rings is 1. The largest absolute Gasteiger partial charge is 0.351 e. The topological polar surface area (TPSA) is 35.6 Å². The number of carbonyl (C=O) groups excluding carboxylic acids is 1. The van der Waals surface area contributed by atoms with Crippen molar-refractivity contribution in [3.8, 4) is 0 Å². The van der Waals surface area contributed by atoms with Crippen molar-refractivity contribution in [1.82, 2.24) is 15.1 Å². The van der Waals surface area contributed by atoms with Gasteiger partial charge < -0.3 is 5.32 Å². The SMILES string of the molecule is O=C(CN1CCN(Cc2ccccc2)CC1)NCc1ccccc1F. The van der Waals surface area contributed by atoms with Gasteiger partial charge in [-0.1, -0.05) is 48.5 Å². The lowest BCUT2D eigenvalue weighted by Crippen LogP contribution is -2.49. The molecule has 1 N–H and O–H groups in total. The van der Waals surface area contributed by atoms with Gasteiger partial charge in [-0.2, -0.15) is 0 Å². The average Bonchev–Trinajstić information content (AvgIpc) is 2.64. The van der Waals surface area contributed by atoms with Gasteiger partial charge >= 0.3 is 0 Å². The number of rotatable bonds is 6. The van der Waals surface area contributed by atoms with Gasteiger partial charge in [-0.15, -0.1) is 0 Å². The highest BCUT2D eigenvalue weighted by atomic mass is 19.1.